The lowest BCUT2D eigenvalue weighted by Gasteiger charge is -2.20. The highest BCUT2D eigenvalue weighted by Gasteiger charge is 2.16. The zero-order valence-electron chi connectivity index (χ0n) is 19.4. The SMILES string of the molecule is CCCCCCCCC(CCCCCC)Cn1c2cc(Br)ccc2c2ccc(Br)cc21. The fraction of sp³-hybridized carbons (Fsp3) is 0.571. The summed E-state index contributed by atoms with van der Waals surface area (Å²) in [6, 6.07) is 13.5. The Morgan fingerprint density at radius 2 is 1.10 bits per heavy atom. The van der Waals surface area contributed by atoms with E-state index in [1.807, 2.05) is 0 Å². The Kier molecular flexibility index (Phi) is 10.4. The molecule has 31 heavy (non-hydrogen) atoms. The third-order valence-electron chi connectivity index (χ3n) is 6.66. The Bertz CT molecular complexity index is 884. The lowest BCUT2D eigenvalue weighted by atomic mass is 9.94. The topological polar surface area (TPSA) is 4.93 Å². The van der Waals surface area contributed by atoms with Crippen molar-refractivity contribution >= 4 is 53.7 Å². The number of benzene rings is 2. The first-order valence-corrected chi connectivity index (χ1v) is 14.1. The van der Waals surface area contributed by atoms with Crippen molar-refractivity contribution in [2.24, 2.45) is 5.92 Å². The summed E-state index contributed by atoms with van der Waals surface area (Å²) in [7, 11) is 0. The summed E-state index contributed by atoms with van der Waals surface area (Å²) in [5, 5.41) is 2.74. The first-order chi connectivity index (χ1) is 15.1. The zero-order valence-corrected chi connectivity index (χ0v) is 22.6. The van der Waals surface area contributed by atoms with Crippen LogP contribution in [0.4, 0.5) is 0 Å². The highest BCUT2D eigenvalue weighted by molar-refractivity contribution is 9.10. The molecule has 1 atom stereocenters. The molecule has 3 rings (SSSR count). The molecule has 0 saturated carbocycles. The van der Waals surface area contributed by atoms with Crippen LogP contribution in [0.15, 0.2) is 45.3 Å². The van der Waals surface area contributed by atoms with Crippen molar-refractivity contribution < 1.29 is 0 Å². The van der Waals surface area contributed by atoms with E-state index in [1.165, 1.54) is 108 Å². The smallest absolute Gasteiger partial charge is 0.0502 e. The van der Waals surface area contributed by atoms with Gasteiger partial charge in [-0.05, 0) is 43.0 Å². The minimum absolute atomic E-state index is 0.764. The largest absolute Gasteiger partial charge is 0.340 e. The van der Waals surface area contributed by atoms with Gasteiger partial charge in [-0.1, -0.05) is 122 Å². The van der Waals surface area contributed by atoms with Gasteiger partial charge in [0.25, 0.3) is 0 Å². The molecule has 0 aliphatic heterocycles. The lowest BCUT2D eigenvalue weighted by Crippen LogP contribution is -2.11. The molecule has 0 fully saturated rings. The van der Waals surface area contributed by atoms with E-state index in [4.69, 9.17) is 0 Å². The molecular weight excluding hydrogens is 510 g/mol. The minimum Gasteiger partial charge on any atom is -0.340 e. The van der Waals surface area contributed by atoms with Crippen LogP contribution >= 0.6 is 31.9 Å². The van der Waals surface area contributed by atoms with E-state index < -0.39 is 0 Å². The number of unbranched alkanes of at least 4 members (excludes halogenated alkanes) is 8. The van der Waals surface area contributed by atoms with E-state index in [9.17, 15) is 0 Å². The van der Waals surface area contributed by atoms with Gasteiger partial charge in [0.1, 0.15) is 0 Å². The second-order valence-electron chi connectivity index (χ2n) is 9.21. The molecular formula is C28H39Br2N. The highest BCUT2D eigenvalue weighted by Crippen LogP contribution is 2.34. The summed E-state index contributed by atoms with van der Waals surface area (Å²) in [6.45, 7) is 5.74. The van der Waals surface area contributed by atoms with Gasteiger partial charge in [0, 0.05) is 26.3 Å². The molecule has 1 unspecified atom stereocenters. The van der Waals surface area contributed by atoms with E-state index in [2.05, 4.69) is 86.7 Å². The zero-order chi connectivity index (χ0) is 22.1. The second kappa shape index (κ2) is 13.0. The number of hydrogen-bond donors (Lipinski definition) is 0. The number of fused-ring (bicyclic) bond motifs is 3. The van der Waals surface area contributed by atoms with Gasteiger partial charge >= 0.3 is 0 Å². The van der Waals surface area contributed by atoms with E-state index in [-0.39, 0.29) is 0 Å². The van der Waals surface area contributed by atoms with Gasteiger partial charge in [0.05, 0.1) is 11.0 Å². The van der Waals surface area contributed by atoms with E-state index in [0.29, 0.717) is 0 Å². The number of nitrogens with zero attached hydrogens (tertiary/aromatic N) is 1. The summed E-state index contributed by atoms with van der Waals surface area (Å²) in [5.41, 5.74) is 2.73. The summed E-state index contributed by atoms with van der Waals surface area (Å²) in [6.07, 6.45) is 16.5. The average molecular weight is 549 g/mol. The molecule has 0 radical (unpaired) electrons. The van der Waals surface area contributed by atoms with Crippen LogP contribution in [0.3, 0.4) is 0 Å². The summed E-state index contributed by atoms with van der Waals surface area (Å²) < 4.78 is 4.93. The van der Waals surface area contributed by atoms with Crippen molar-refractivity contribution in [1.82, 2.24) is 4.57 Å². The summed E-state index contributed by atoms with van der Waals surface area (Å²) >= 11 is 7.43. The molecule has 1 heterocycles. The second-order valence-corrected chi connectivity index (χ2v) is 11.0. The maximum Gasteiger partial charge on any atom is 0.0502 e. The summed E-state index contributed by atoms with van der Waals surface area (Å²) in [5.74, 6) is 0.764. The van der Waals surface area contributed by atoms with Crippen LogP contribution in [0.1, 0.15) is 90.9 Å². The first-order valence-electron chi connectivity index (χ1n) is 12.5. The predicted octanol–water partition coefficient (Wildman–Crippen LogP) is 10.7. The molecule has 0 saturated heterocycles. The third kappa shape index (κ3) is 7.09. The Morgan fingerprint density at radius 3 is 1.61 bits per heavy atom. The van der Waals surface area contributed by atoms with Gasteiger partial charge in [0.15, 0.2) is 0 Å². The number of hydrogen-bond acceptors (Lipinski definition) is 0. The van der Waals surface area contributed by atoms with Crippen LogP contribution in [-0.2, 0) is 6.54 Å². The third-order valence-corrected chi connectivity index (χ3v) is 7.65. The van der Waals surface area contributed by atoms with Crippen molar-refractivity contribution in [2.45, 2.75) is 97.4 Å². The average Bonchev–Trinajstić information content (AvgIpc) is 3.05. The molecule has 3 aromatic rings. The Hall–Kier alpha value is -0.800. The monoisotopic (exact) mass is 547 g/mol. The van der Waals surface area contributed by atoms with E-state index in [0.717, 1.165) is 12.5 Å². The fourth-order valence-corrected chi connectivity index (χ4v) is 5.59. The Labute approximate surface area is 206 Å². The van der Waals surface area contributed by atoms with Crippen LogP contribution in [0, 0.1) is 5.92 Å². The maximum atomic E-state index is 3.71. The van der Waals surface area contributed by atoms with Gasteiger partial charge in [-0.3, -0.25) is 0 Å². The highest BCUT2D eigenvalue weighted by atomic mass is 79.9. The molecule has 3 heteroatoms. The molecule has 0 spiro atoms. The van der Waals surface area contributed by atoms with Crippen LogP contribution in [-0.4, -0.2) is 4.57 Å². The summed E-state index contributed by atoms with van der Waals surface area (Å²) in [4.78, 5) is 0. The standard InChI is InChI=1S/C28H39Br2N/c1-3-5-7-9-10-12-14-22(13-11-8-6-4-2)21-31-27-19-23(29)15-17-25(27)26-18-16-24(30)20-28(26)31/h15-20,22H,3-14,21H2,1-2H3. The van der Waals surface area contributed by atoms with Gasteiger partial charge in [0.2, 0.25) is 0 Å². The number of halogens is 2. The van der Waals surface area contributed by atoms with Crippen LogP contribution in [0.25, 0.3) is 21.8 Å². The van der Waals surface area contributed by atoms with Gasteiger partial charge in [-0.25, -0.2) is 0 Å². The lowest BCUT2D eigenvalue weighted by molar-refractivity contribution is 0.365. The first kappa shape index (κ1) is 24.8. The van der Waals surface area contributed by atoms with Gasteiger partial charge < -0.3 is 4.57 Å². The molecule has 1 nitrogen and oxygen atoms in total. The molecule has 0 aliphatic rings. The van der Waals surface area contributed by atoms with Crippen molar-refractivity contribution in [2.75, 3.05) is 0 Å². The predicted molar refractivity (Wildman–Crippen MR) is 145 cm³/mol. The van der Waals surface area contributed by atoms with Crippen LogP contribution < -0.4 is 0 Å². The Morgan fingerprint density at radius 1 is 0.645 bits per heavy atom. The molecule has 170 valence electrons. The van der Waals surface area contributed by atoms with Crippen LogP contribution in [0.2, 0.25) is 0 Å². The number of rotatable bonds is 14. The quantitative estimate of drug-likeness (QED) is 0.176. The van der Waals surface area contributed by atoms with Crippen molar-refractivity contribution in [3.63, 3.8) is 0 Å². The van der Waals surface area contributed by atoms with Gasteiger partial charge in [-0.2, -0.15) is 0 Å². The number of aromatic nitrogens is 1. The van der Waals surface area contributed by atoms with Gasteiger partial charge in [-0.15, -0.1) is 0 Å². The molecule has 0 amide bonds. The molecule has 0 aliphatic carbocycles. The fourth-order valence-electron chi connectivity index (χ4n) is 4.90. The molecule has 0 bridgehead atoms. The van der Waals surface area contributed by atoms with Crippen molar-refractivity contribution in [1.29, 1.82) is 0 Å². The van der Waals surface area contributed by atoms with Crippen LogP contribution in [0.5, 0.6) is 0 Å². The minimum atomic E-state index is 0.764. The molecule has 1 aromatic heterocycles. The normalized spacial score (nSPS) is 12.8. The van der Waals surface area contributed by atoms with Crippen molar-refractivity contribution in [3.05, 3.63) is 45.3 Å². The van der Waals surface area contributed by atoms with Crippen molar-refractivity contribution in [3.8, 4) is 0 Å². The van der Waals surface area contributed by atoms with E-state index in [1.54, 1.807) is 0 Å². The van der Waals surface area contributed by atoms with E-state index >= 15 is 0 Å². The molecule has 0 N–H and O–H groups in total. The Balaban J connectivity index is 1.80. The molecule has 2 aromatic carbocycles. The maximum absolute atomic E-state index is 3.71.